The van der Waals surface area contributed by atoms with Crippen LogP contribution < -0.4 is 15.4 Å². The first-order chi connectivity index (χ1) is 13.1. The first-order valence-electron chi connectivity index (χ1n) is 8.93. The molecule has 1 amide bonds. The zero-order chi connectivity index (χ0) is 19.1. The van der Waals surface area contributed by atoms with Gasteiger partial charge in [-0.15, -0.1) is 0 Å². The van der Waals surface area contributed by atoms with Gasteiger partial charge in [-0.25, -0.2) is 9.78 Å². The van der Waals surface area contributed by atoms with Gasteiger partial charge in [-0.2, -0.15) is 0 Å². The van der Waals surface area contributed by atoms with Crippen LogP contribution in [0, 0.1) is 0 Å². The number of ether oxygens (including phenoxy) is 2. The molecule has 2 N–H and O–H groups in total. The molecule has 142 valence electrons. The first-order valence-corrected chi connectivity index (χ1v) is 8.93. The average Bonchev–Trinajstić information content (AvgIpc) is 3.51. The largest absolute Gasteiger partial charge is 0.497 e. The minimum absolute atomic E-state index is 0.316. The Morgan fingerprint density at radius 2 is 1.93 bits per heavy atom. The maximum Gasteiger partial charge on any atom is 0.340 e. The lowest BCUT2D eigenvalue weighted by molar-refractivity contribution is -0.124. The van der Waals surface area contributed by atoms with E-state index in [-0.39, 0.29) is 12.5 Å². The van der Waals surface area contributed by atoms with E-state index in [1.807, 2.05) is 24.3 Å². The van der Waals surface area contributed by atoms with Crippen molar-refractivity contribution in [3.63, 3.8) is 0 Å². The molecule has 0 unspecified atom stereocenters. The van der Waals surface area contributed by atoms with Crippen LogP contribution >= 0.6 is 0 Å². The zero-order valence-corrected chi connectivity index (χ0v) is 15.2. The standard InChI is InChI=1S/C20H23N3O4/c1-26-17-7-2-14(3-8-17)10-11-21-19(24)13-27-20(25)15-4-9-18(22-12-15)23-16-5-6-16/h2-4,7-9,12,16H,5-6,10-11,13H2,1H3,(H,21,24)(H,22,23). The summed E-state index contributed by atoms with van der Waals surface area (Å²) in [4.78, 5) is 28.0. The number of methoxy groups -OCH3 is 1. The predicted octanol–water partition coefficient (Wildman–Crippen LogP) is 2.18. The van der Waals surface area contributed by atoms with Gasteiger partial charge >= 0.3 is 5.97 Å². The maximum absolute atomic E-state index is 12.0. The van der Waals surface area contributed by atoms with Crippen molar-refractivity contribution in [1.29, 1.82) is 0 Å². The molecule has 0 atom stereocenters. The number of carbonyl (C=O) groups is 2. The fourth-order valence-corrected chi connectivity index (χ4v) is 2.44. The molecule has 7 nitrogen and oxygen atoms in total. The van der Waals surface area contributed by atoms with Crippen LogP contribution in [-0.4, -0.2) is 43.2 Å². The Hall–Kier alpha value is -3.09. The average molecular weight is 369 g/mol. The van der Waals surface area contributed by atoms with Crippen molar-refractivity contribution >= 4 is 17.7 Å². The van der Waals surface area contributed by atoms with Crippen molar-refractivity contribution in [2.24, 2.45) is 0 Å². The number of pyridine rings is 1. The number of aromatic nitrogens is 1. The predicted molar refractivity (Wildman–Crippen MR) is 101 cm³/mol. The Bertz CT molecular complexity index is 771. The molecular formula is C20H23N3O4. The van der Waals surface area contributed by atoms with Gasteiger partial charge in [0.25, 0.3) is 5.91 Å². The summed E-state index contributed by atoms with van der Waals surface area (Å²) < 4.78 is 10.1. The number of anilines is 1. The molecule has 0 radical (unpaired) electrons. The van der Waals surface area contributed by atoms with E-state index in [2.05, 4.69) is 15.6 Å². The second-order valence-corrected chi connectivity index (χ2v) is 6.37. The van der Waals surface area contributed by atoms with Gasteiger partial charge in [0.1, 0.15) is 11.6 Å². The molecular weight excluding hydrogens is 346 g/mol. The summed E-state index contributed by atoms with van der Waals surface area (Å²) in [5.41, 5.74) is 1.40. The molecule has 3 rings (SSSR count). The SMILES string of the molecule is COc1ccc(CCNC(=O)COC(=O)c2ccc(NC3CC3)nc2)cc1. The van der Waals surface area contributed by atoms with Crippen LogP contribution in [-0.2, 0) is 16.0 Å². The molecule has 1 fully saturated rings. The van der Waals surface area contributed by atoms with E-state index in [1.54, 1.807) is 19.2 Å². The van der Waals surface area contributed by atoms with Crippen molar-refractivity contribution < 1.29 is 19.1 Å². The number of hydrogen-bond acceptors (Lipinski definition) is 6. The Morgan fingerprint density at radius 3 is 2.56 bits per heavy atom. The second kappa shape index (κ2) is 9.02. The number of nitrogens with zero attached hydrogens (tertiary/aromatic N) is 1. The minimum Gasteiger partial charge on any atom is -0.497 e. The van der Waals surface area contributed by atoms with Gasteiger partial charge in [0, 0.05) is 18.8 Å². The quantitative estimate of drug-likeness (QED) is 0.659. The summed E-state index contributed by atoms with van der Waals surface area (Å²) in [5.74, 6) is 0.633. The van der Waals surface area contributed by atoms with E-state index in [4.69, 9.17) is 9.47 Å². The van der Waals surface area contributed by atoms with E-state index >= 15 is 0 Å². The summed E-state index contributed by atoms with van der Waals surface area (Å²) >= 11 is 0. The number of hydrogen-bond donors (Lipinski definition) is 2. The van der Waals surface area contributed by atoms with Gasteiger partial charge < -0.3 is 20.1 Å². The summed E-state index contributed by atoms with van der Waals surface area (Å²) in [6.07, 6.45) is 4.44. The molecule has 1 aliphatic carbocycles. The summed E-state index contributed by atoms with van der Waals surface area (Å²) in [6.45, 7) is 0.148. The van der Waals surface area contributed by atoms with Crippen LogP contribution in [0.25, 0.3) is 0 Å². The number of nitrogens with one attached hydrogen (secondary N) is 2. The van der Waals surface area contributed by atoms with Gasteiger partial charge in [-0.3, -0.25) is 4.79 Å². The van der Waals surface area contributed by atoms with Crippen molar-refractivity contribution in [3.8, 4) is 5.75 Å². The number of carbonyl (C=O) groups excluding carboxylic acids is 2. The van der Waals surface area contributed by atoms with E-state index in [0.717, 1.165) is 30.0 Å². The normalized spacial score (nSPS) is 12.9. The molecule has 0 bridgehead atoms. The Kier molecular flexibility index (Phi) is 6.25. The number of benzene rings is 1. The molecule has 1 saturated carbocycles. The lowest BCUT2D eigenvalue weighted by Crippen LogP contribution is -2.30. The Balaban J connectivity index is 1.35. The fraction of sp³-hybridized carbons (Fsp3) is 0.350. The lowest BCUT2D eigenvalue weighted by Gasteiger charge is -2.08. The van der Waals surface area contributed by atoms with Gasteiger partial charge in [0.15, 0.2) is 6.61 Å². The monoisotopic (exact) mass is 369 g/mol. The van der Waals surface area contributed by atoms with E-state index < -0.39 is 5.97 Å². The Morgan fingerprint density at radius 1 is 1.15 bits per heavy atom. The van der Waals surface area contributed by atoms with Crippen molar-refractivity contribution in [3.05, 3.63) is 53.7 Å². The molecule has 1 aromatic heterocycles. The third-order valence-electron chi connectivity index (χ3n) is 4.16. The molecule has 1 aromatic carbocycles. The van der Waals surface area contributed by atoms with Crippen LogP contribution in [0.2, 0.25) is 0 Å². The minimum atomic E-state index is -0.564. The van der Waals surface area contributed by atoms with E-state index in [9.17, 15) is 9.59 Å². The zero-order valence-electron chi connectivity index (χ0n) is 15.2. The molecule has 0 aliphatic heterocycles. The van der Waals surface area contributed by atoms with Crippen LogP contribution in [0.15, 0.2) is 42.6 Å². The van der Waals surface area contributed by atoms with E-state index in [1.165, 1.54) is 6.20 Å². The van der Waals surface area contributed by atoms with Gasteiger partial charge in [0.2, 0.25) is 0 Å². The van der Waals surface area contributed by atoms with Crippen LogP contribution in [0.5, 0.6) is 5.75 Å². The fourth-order valence-electron chi connectivity index (χ4n) is 2.44. The van der Waals surface area contributed by atoms with Crippen LogP contribution in [0.3, 0.4) is 0 Å². The Labute approximate surface area is 158 Å². The van der Waals surface area contributed by atoms with Crippen molar-refractivity contribution in [2.75, 3.05) is 25.6 Å². The van der Waals surface area contributed by atoms with Crippen LogP contribution in [0.1, 0.15) is 28.8 Å². The molecule has 1 aliphatic rings. The third kappa shape index (κ3) is 5.99. The molecule has 0 saturated heterocycles. The molecule has 1 heterocycles. The first kappa shape index (κ1) is 18.7. The highest BCUT2D eigenvalue weighted by molar-refractivity contribution is 5.91. The molecule has 0 spiro atoms. The maximum atomic E-state index is 12.0. The number of amides is 1. The topological polar surface area (TPSA) is 89.5 Å². The number of esters is 1. The van der Waals surface area contributed by atoms with Crippen molar-refractivity contribution in [2.45, 2.75) is 25.3 Å². The highest BCUT2D eigenvalue weighted by atomic mass is 16.5. The summed E-state index contributed by atoms with van der Waals surface area (Å²) in [6, 6.07) is 11.5. The van der Waals surface area contributed by atoms with Gasteiger partial charge in [-0.1, -0.05) is 12.1 Å². The lowest BCUT2D eigenvalue weighted by atomic mass is 10.1. The second-order valence-electron chi connectivity index (χ2n) is 6.37. The highest BCUT2D eigenvalue weighted by Gasteiger charge is 2.21. The smallest absolute Gasteiger partial charge is 0.340 e. The molecule has 2 aromatic rings. The van der Waals surface area contributed by atoms with Gasteiger partial charge in [-0.05, 0) is 49.1 Å². The molecule has 27 heavy (non-hydrogen) atoms. The van der Waals surface area contributed by atoms with E-state index in [0.29, 0.717) is 24.6 Å². The van der Waals surface area contributed by atoms with Crippen LogP contribution in [0.4, 0.5) is 5.82 Å². The molecule has 7 heteroatoms. The summed E-state index contributed by atoms with van der Waals surface area (Å²) in [5, 5.41) is 5.97. The highest BCUT2D eigenvalue weighted by Crippen LogP contribution is 2.23. The van der Waals surface area contributed by atoms with Crippen molar-refractivity contribution in [1.82, 2.24) is 10.3 Å². The van der Waals surface area contributed by atoms with Gasteiger partial charge in [0.05, 0.1) is 12.7 Å². The summed E-state index contributed by atoms with van der Waals surface area (Å²) in [7, 11) is 1.62. The third-order valence-corrected chi connectivity index (χ3v) is 4.16. The number of rotatable bonds is 9.